The minimum atomic E-state index is -0.415. The zero-order valence-electron chi connectivity index (χ0n) is 17.5. The van der Waals surface area contributed by atoms with Crippen molar-refractivity contribution in [2.24, 2.45) is 29.6 Å². The summed E-state index contributed by atoms with van der Waals surface area (Å²) in [4.78, 5) is 4.79. The lowest BCUT2D eigenvalue weighted by atomic mass is 9.57. The van der Waals surface area contributed by atoms with E-state index in [0.29, 0.717) is 17.8 Å². The van der Waals surface area contributed by atoms with Crippen LogP contribution in [0.4, 0.5) is 0 Å². The van der Waals surface area contributed by atoms with Gasteiger partial charge >= 0.3 is 0 Å². The van der Waals surface area contributed by atoms with Gasteiger partial charge < -0.3 is 14.9 Å². The van der Waals surface area contributed by atoms with E-state index in [0.717, 1.165) is 28.8 Å². The van der Waals surface area contributed by atoms with E-state index in [2.05, 4.69) is 18.2 Å². The van der Waals surface area contributed by atoms with Crippen molar-refractivity contribution in [2.45, 2.75) is 45.1 Å². The first-order valence-corrected chi connectivity index (χ1v) is 11.0. The molecule has 2 aromatic rings. The van der Waals surface area contributed by atoms with E-state index in [9.17, 15) is 10.2 Å². The van der Waals surface area contributed by atoms with Crippen LogP contribution in [0.25, 0.3) is 17.0 Å². The van der Waals surface area contributed by atoms with Crippen LogP contribution < -0.4 is 4.74 Å². The van der Waals surface area contributed by atoms with E-state index in [1.54, 1.807) is 7.11 Å². The van der Waals surface area contributed by atoms with Gasteiger partial charge in [0.15, 0.2) is 0 Å². The summed E-state index contributed by atoms with van der Waals surface area (Å²) in [6.07, 6.45) is 10.1. The molecule has 156 valence electrons. The molecule has 0 spiro atoms. The second-order valence-electron chi connectivity index (χ2n) is 8.94. The minimum Gasteiger partial charge on any atom is -0.497 e. The molecule has 0 radical (unpaired) electrons. The molecule has 2 fully saturated rings. The maximum atomic E-state index is 10.6. The van der Waals surface area contributed by atoms with E-state index in [1.165, 1.54) is 25.7 Å². The number of aromatic nitrogens is 1. The number of aliphatic hydroxyl groups is 2. The van der Waals surface area contributed by atoms with Gasteiger partial charge in [-0.05, 0) is 79.7 Å². The zero-order chi connectivity index (χ0) is 20.4. The number of aliphatic hydroxyl groups excluding tert-OH is 2. The van der Waals surface area contributed by atoms with E-state index < -0.39 is 6.10 Å². The third-order valence-electron chi connectivity index (χ3n) is 7.26. The molecule has 1 aromatic carbocycles. The number of rotatable bonds is 5. The molecule has 0 amide bonds. The summed E-state index contributed by atoms with van der Waals surface area (Å²) in [5.41, 5.74) is 1.89. The number of nitrogens with zero attached hydrogens (tertiary/aromatic N) is 1. The van der Waals surface area contributed by atoms with Crippen molar-refractivity contribution in [3.8, 4) is 5.75 Å². The lowest BCUT2D eigenvalue weighted by molar-refractivity contribution is -0.0470. The van der Waals surface area contributed by atoms with Gasteiger partial charge in [0.1, 0.15) is 5.75 Å². The fourth-order valence-electron chi connectivity index (χ4n) is 5.91. The first-order chi connectivity index (χ1) is 14.1. The number of ether oxygens (including phenoxy) is 1. The van der Waals surface area contributed by atoms with Gasteiger partial charge in [0, 0.05) is 12.0 Å². The Hall–Kier alpha value is -1.91. The second kappa shape index (κ2) is 8.85. The Morgan fingerprint density at radius 3 is 2.79 bits per heavy atom. The van der Waals surface area contributed by atoms with Crippen LogP contribution in [0.2, 0.25) is 0 Å². The number of hydrogen-bond acceptors (Lipinski definition) is 4. The van der Waals surface area contributed by atoms with E-state index in [1.807, 2.05) is 31.2 Å². The topological polar surface area (TPSA) is 62.6 Å². The van der Waals surface area contributed by atoms with Crippen LogP contribution in [0.1, 0.15) is 44.7 Å². The van der Waals surface area contributed by atoms with Gasteiger partial charge in [0.25, 0.3) is 0 Å². The maximum Gasteiger partial charge on any atom is 0.119 e. The molecule has 1 heterocycles. The molecule has 2 aliphatic carbocycles. The summed E-state index contributed by atoms with van der Waals surface area (Å²) < 4.78 is 5.30. The Labute approximate surface area is 173 Å². The molecule has 5 unspecified atom stereocenters. The van der Waals surface area contributed by atoms with Gasteiger partial charge in [-0.3, -0.25) is 0 Å². The molecule has 4 heteroatoms. The van der Waals surface area contributed by atoms with Gasteiger partial charge in [-0.2, -0.15) is 0 Å². The molecule has 2 aliphatic rings. The zero-order valence-corrected chi connectivity index (χ0v) is 17.5. The van der Waals surface area contributed by atoms with Crippen LogP contribution in [0.3, 0.4) is 0 Å². The van der Waals surface area contributed by atoms with Gasteiger partial charge in [-0.25, -0.2) is 4.98 Å². The average Bonchev–Trinajstić information content (AvgIpc) is 2.75. The predicted octanol–water partition coefficient (Wildman–Crippen LogP) is 4.69. The minimum absolute atomic E-state index is 0.111. The van der Waals surface area contributed by atoms with Crippen molar-refractivity contribution >= 4 is 17.0 Å². The normalized spacial score (nSPS) is 31.0. The van der Waals surface area contributed by atoms with E-state index in [4.69, 9.17) is 9.72 Å². The number of benzene rings is 1. The molecular formula is C25H33NO3. The smallest absolute Gasteiger partial charge is 0.119 e. The molecule has 0 bridgehead atoms. The van der Waals surface area contributed by atoms with Gasteiger partial charge in [-0.1, -0.05) is 31.4 Å². The van der Waals surface area contributed by atoms with Crippen molar-refractivity contribution < 1.29 is 14.9 Å². The molecule has 29 heavy (non-hydrogen) atoms. The summed E-state index contributed by atoms with van der Waals surface area (Å²) >= 11 is 0. The molecule has 0 aliphatic heterocycles. The van der Waals surface area contributed by atoms with Crippen molar-refractivity contribution in [3.63, 3.8) is 0 Å². The summed E-state index contributed by atoms with van der Waals surface area (Å²) in [5, 5.41) is 21.6. The Morgan fingerprint density at radius 1 is 1.21 bits per heavy atom. The number of hydrogen-bond donors (Lipinski definition) is 2. The summed E-state index contributed by atoms with van der Waals surface area (Å²) in [6.45, 7) is 2.05. The summed E-state index contributed by atoms with van der Waals surface area (Å²) in [6, 6.07) is 10.0. The van der Waals surface area contributed by atoms with Crippen molar-refractivity contribution in [1.29, 1.82) is 0 Å². The molecule has 6 atom stereocenters. The standard InChI is InChI=1S/C25H33NO3/c1-16(28)25-19(15-27)13-17-5-3-4-6-22(17)23(25)11-9-20-8-7-18-14-21(29-2)10-12-24(18)26-20/h7-12,14,16-17,19,22-23,25,27-28H,3-6,13,15H2,1-2H3/b11-9+/t16-,17?,19?,22?,23?,25?/m0/s1. The fraction of sp³-hybridized carbons (Fsp3) is 0.560. The third kappa shape index (κ3) is 4.19. The molecule has 4 nitrogen and oxygen atoms in total. The summed E-state index contributed by atoms with van der Waals surface area (Å²) in [5.74, 6) is 2.69. The van der Waals surface area contributed by atoms with Gasteiger partial charge in [0.2, 0.25) is 0 Å². The number of methoxy groups -OCH3 is 1. The molecule has 2 N–H and O–H groups in total. The van der Waals surface area contributed by atoms with Crippen LogP contribution in [-0.2, 0) is 0 Å². The van der Waals surface area contributed by atoms with Crippen molar-refractivity contribution in [1.82, 2.24) is 4.98 Å². The maximum absolute atomic E-state index is 10.6. The number of pyridine rings is 1. The van der Waals surface area contributed by atoms with Gasteiger partial charge in [0.05, 0.1) is 24.4 Å². The highest BCUT2D eigenvalue weighted by Gasteiger charge is 2.45. The highest BCUT2D eigenvalue weighted by molar-refractivity contribution is 5.81. The van der Waals surface area contributed by atoms with Crippen LogP contribution in [-0.4, -0.2) is 35.0 Å². The molecule has 0 saturated heterocycles. The molecule has 4 rings (SSSR count). The Morgan fingerprint density at radius 2 is 2.03 bits per heavy atom. The van der Waals surface area contributed by atoms with Crippen LogP contribution in [0, 0.1) is 29.6 Å². The third-order valence-corrected chi connectivity index (χ3v) is 7.26. The molecular weight excluding hydrogens is 362 g/mol. The van der Waals surface area contributed by atoms with Crippen molar-refractivity contribution in [2.75, 3.05) is 13.7 Å². The first kappa shape index (κ1) is 20.4. The summed E-state index contributed by atoms with van der Waals surface area (Å²) in [7, 11) is 1.67. The van der Waals surface area contributed by atoms with E-state index >= 15 is 0 Å². The number of fused-ring (bicyclic) bond motifs is 2. The quantitative estimate of drug-likeness (QED) is 0.771. The molecule has 2 saturated carbocycles. The Balaban J connectivity index is 1.63. The van der Waals surface area contributed by atoms with Gasteiger partial charge in [-0.15, -0.1) is 0 Å². The van der Waals surface area contributed by atoms with Crippen LogP contribution in [0.15, 0.2) is 36.4 Å². The highest BCUT2D eigenvalue weighted by atomic mass is 16.5. The van der Waals surface area contributed by atoms with E-state index in [-0.39, 0.29) is 18.4 Å². The average molecular weight is 396 g/mol. The van der Waals surface area contributed by atoms with Crippen molar-refractivity contribution in [3.05, 3.63) is 42.1 Å². The lowest BCUT2D eigenvalue weighted by Crippen LogP contribution is -2.46. The van der Waals surface area contributed by atoms with Crippen LogP contribution >= 0.6 is 0 Å². The SMILES string of the molecule is COc1ccc2nc(/C=C/C3C4CCCCC4CC(CO)C3[C@H](C)O)ccc2c1. The Kier molecular flexibility index (Phi) is 6.21. The predicted molar refractivity (Wildman–Crippen MR) is 117 cm³/mol. The number of allylic oxidation sites excluding steroid dienone is 1. The highest BCUT2D eigenvalue weighted by Crippen LogP contribution is 2.50. The fourth-order valence-corrected chi connectivity index (χ4v) is 5.91. The largest absolute Gasteiger partial charge is 0.497 e. The van der Waals surface area contributed by atoms with Crippen LogP contribution in [0.5, 0.6) is 5.75 Å². The lowest BCUT2D eigenvalue weighted by Gasteiger charge is -2.49. The monoisotopic (exact) mass is 395 g/mol. The first-order valence-electron chi connectivity index (χ1n) is 11.0. The molecule has 1 aromatic heterocycles. The second-order valence-corrected chi connectivity index (χ2v) is 8.94. The Bertz CT molecular complexity index is 862.